The quantitative estimate of drug-likeness (QED) is 0.739. The predicted octanol–water partition coefficient (Wildman–Crippen LogP) is 3.07. The molecule has 0 saturated carbocycles. The Bertz CT molecular complexity index is 679. The number of nitrogens with two attached hydrogens (primary N) is 1. The van der Waals surface area contributed by atoms with E-state index < -0.39 is 0 Å². The van der Waals surface area contributed by atoms with Crippen molar-refractivity contribution in [1.29, 1.82) is 0 Å². The van der Waals surface area contributed by atoms with Gasteiger partial charge >= 0.3 is 0 Å². The number of aromatic nitrogens is 1. The maximum atomic E-state index is 12.4. The van der Waals surface area contributed by atoms with Crippen LogP contribution in [-0.4, -0.2) is 42.7 Å². The number of hydrogen-bond acceptors (Lipinski definition) is 6. The molecule has 2 aromatic rings. The van der Waals surface area contributed by atoms with Crippen molar-refractivity contribution < 1.29 is 9.53 Å². The van der Waals surface area contributed by atoms with E-state index in [1.807, 2.05) is 24.5 Å². The summed E-state index contributed by atoms with van der Waals surface area (Å²) in [4.78, 5) is 19.5. The molecular formula is C16H22ClN3O2S2. The minimum absolute atomic E-state index is 0. The highest BCUT2D eigenvalue weighted by atomic mass is 35.5. The number of hydrogen-bond donors (Lipinski definition) is 1. The molecule has 0 spiro atoms. The Labute approximate surface area is 157 Å². The first-order chi connectivity index (χ1) is 11.1. The van der Waals surface area contributed by atoms with Crippen molar-refractivity contribution >= 4 is 41.4 Å². The van der Waals surface area contributed by atoms with Gasteiger partial charge in [-0.1, -0.05) is 6.07 Å². The lowest BCUT2D eigenvalue weighted by atomic mass is 10.2. The van der Waals surface area contributed by atoms with Crippen LogP contribution in [0.15, 0.2) is 28.5 Å². The molecule has 8 heteroatoms. The number of rotatable bonds is 7. The van der Waals surface area contributed by atoms with Gasteiger partial charge in [-0.05, 0) is 30.5 Å². The fourth-order valence-corrected chi connectivity index (χ4v) is 3.50. The summed E-state index contributed by atoms with van der Waals surface area (Å²) in [7, 11) is 3.43. The maximum absolute atomic E-state index is 12.4. The van der Waals surface area contributed by atoms with E-state index in [1.54, 1.807) is 36.2 Å². The lowest BCUT2D eigenvalue weighted by Gasteiger charge is -2.17. The van der Waals surface area contributed by atoms with Gasteiger partial charge in [-0.25, -0.2) is 4.98 Å². The minimum atomic E-state index is -0.0857. The molecule has 1 aromatic heterocycles. The van der Waals surface area contributed by atoms with Gasteiger partial charge in [0.2, 0.25) is 0 Å². The molecule has 0 bridgehead atoms. The average molecular weight is 388 g/mol. The molecule has 24 heavy (non-hydrogen) atoms. The summed E-state index contributed by atoms with van der Waals surface area (Å²) in [6, 6.07) is 5.99. The second-order valence-corrected chi connectivity index (χ2v) is 6.81. The first-order valence-electron chi connectivity index (χ1n) is 7.20. The third-order valence-electron chi connectivity index (χ3n) is 3.34. The number of nitrogens with zero attached hydrogens (tertiary/aromatic N) is 2. The van der Waals surface area contributed by atoms with Gasteiger partial charge in [0.05, 0.1) is 12.1 Å². The molecule has 0 atom stereocenters. The van der Waals surface area contributed by atoms with Gasteiger partial charge in [0.15, 0.2) is 0 Å². The largest absolute Gasteiger partial charge is 0.496 e. The standard InChI is InChI=1S/C16H21N3O2S2.ClH/c1-19(16(20)12-10-23-15(18-12)6-7-17)9-11-4-5-14(22-3)13(8-11)21-2;/h4-5,8,10H,6-7,9,17H2,1-3H3;1H. The fraction of sp³-hybridized carbons (Fsp3) is 0.375. The van der Waals surface area contributed by atoms with Crippen LogP contribution in [0, 0.1) is 0 Å². The lowest BCUT2D eigenvalue weighted by molar-refractivity contribution is 0.0779. The van der Waals surface area contributed by atoms with Crippen molar-refractivity contribution in [1.82, 2.24) is 9.88 Å². The van der Waals surface area contributed by atoms with E-state index in [-0.39, 0.29) is 18.3 Å². The first kappa shape index (κ1) is 20.8. The highest BCUT2D eigenvalue weighted by molar-refractivity contribution is 7.98. The predicted molar refractivity (Wildman–Crippen MR) is 103 cm³/mol. The average Bonchev–Trinajstić information content (AvgIpc) is 3.02. The molecule has 0 fully saturated rings. The van der Waals surface area contributed by atoms with Crippen LogP contribution < -0.4 is 10.5 Å². The molecule has 2 rings (SSSR count). The van der Waals surface area contributed by atoms with Gasteiger partial charge in [0.1, 0.15) is 11.4 Å². The molecule has 5 nitrogen and oxygen atoms in total. The number of ether oxygens (including phenoxy) is 1. The Morgan fingerprint density at radius 2 is 2.21 bits per heavy atom. The van der Waals surface area contributed by atoms with E-state index in [2.05, 4.69) is 4.98 Å². The Morgan fingerprint density at radius 3 is 2.83 bits per heavy atom. The molecule has 0 aliphatic rings. The SMILES string of the molecule is COc1cc(CN(C)C(=O)c2csc(CCN)n2)ccc1SC.Cl. The maximum Gasteiger partial charge on any atom is 0.273 e. The zero-order valence-corrected chi connectivity index (χ0v) is 16.4. The van der Waals surface area contributed by atoms with Crippen molar-refractivity contribution in [2.24, 2.45) is 5.73 Å². The van der Waals surface area contributed by atoms with Crippen LogP contribution in [0.4, 0.5) is 0 Å². The topological polar surface area (TPSA) is 68.5 Å². The van der Waals surface area contributed by atoms with Gasteiger partial charge in [-0.15, -0.1) is 35.5 Å². The summed E-state index contributed by atoms with van der Waals surface area (Å²) < 4.78 is 5.39. The highest BCUT2D eigenvalue weighted by Gasteiger charge is 2.16. The number of methoxy groups -OCH3 is 1. The third-order valence-corrected chi connectivity index (χ3v) is 5.03. The van der Waals surface area contributed by atoms with Gasteiger partial charge in [0, 0.05) is 30.3 Å². The van der Waals surface area contributed by atoms with Crippen LogP contribution in [0.2, 0.25) is 0 Å². The van der Waals surface area contributed by atoms with Crippen molar-refractivity contribution in [2.45, 2.75) is 17.9 Å². The molecule has 0 unspecified atom stereocenters. The summed E-state index contributed by atoms with van der Waals surface area (Å²) in [5.41, 5.74) is 7.02. The molecular weight excluding hydrogens is 366 g/mol. The van der Waals surface area contributed by atoms with Crippen molar-refractivity contribution in [3.05, 3.63) is 39.8 Å². The molecule has 0 radical (unpaired) electrons. The number of thioether (sulfide) groups is 1. The van der Waals surface area contributed by atoms with E-state index in [9.17, 15) is 4.79 Å². The smallest absolute Gasteiger partial charge is 0.273 e. The Hall–Kier alpha value is -1.28. The van der Waals surface area contributed by atoms with Crippen LogP contribution in [0.5, 0.6) is 5.75 Å². The van der Waals surface area contributed by atoms with Crippen molar-refractivity contribution in [3.8, 4) is 5.75 Å². The van der Waals surface area contributed by atoms with E-state index in [0.717, 1.165) is 21.2 Å². The third kappa shape index (κ3) is 5.11. The first-order valence-corrected chi connectivity index (χ1v) is 9.30. The molecule has 0 aliphatic heterocycles. The number of carbonyl (C=O) groups is 1. The van der Waals surface area contributed by atoms with Crippen molar-refractivity contribution in [2.75, 3.05) is 27.0 Å². The number of thiazole rings is 1. The minimum Gasteiger partial charge on any atom is -0.496 e. The van der Waals surface area contributed by atoms with Crippen LogP contribution in [0.1, 0.15) is 21.1 Å². The Balaban J connectivity index is 0.00000288. The van der Waals surface area contributed by atoms with Crippen LogP contribution >= 0.6 is 35.5 Å². The zero-order valence-electron chi connectivity index (χ0n) is 13.9. The second kappa shape index (κ2) is 9.88. The van der Waals surface area contributed by atoms with E-state index in [0.29, 0.717) is 25.2 Å². The number of halogens is 1. The second-order valence-electron chi connectivity index (χ2n) is 5.02. The molecule has 0 saturated heterocycles. The molecule has 1 aromatic carbocycles. The molecule has 132 valence electrons. The lowest BCUT2D eigenvalue weighted by Crippen LogP contribution is -2.26. The monoisotopic (exact) mass is 387 g/mol. The number of carbonyl (C=O) groups excluding carboxylic acids is 1. The zero-order chi connectivity index (χ0) is 16.8. The van der Waals surface area contributed by atoms with E-state index in [1.165, 1.54) is 11.3 Å². The number of benzene rings is 1. The molecule has 2 N–H and O–H groups in total. The fourth-order valence-electron chi connectivity index (χ4n) is 2.17. The normalized spacial score (nSPS) is 10.2. The Morgan fingerprint density at radius 1 is 1.46 bits per heavy atom. The van der Waals surface area contributed by atoms with E-state index >= 15 is 0 Å². The van der Waals surface area contributed by atoms with Crippen LogP contribution in [-0.2, 0) is 13.0 Å². The highest BCUT2D eigenvalue weighted by Crippen LogP contribution is 2.28. The van der Waals surface area contributed by atoms with Crippen LogP contribution in [0.25, 0.3) is 0 Å². The summed E-state index contributed by atoms with van der Waals surface area (Å²) in [6.45, 7) is 1.05. The summed E-state index contributed by atoms with van der Waals surface area (Å²) in [5.74, 6) is 0.743. The van der Waals surface area contributed by atoms with Gasteiger partial charge in [-0.2, -0.15) is 0 Å². The van der Waals surface area contributed by atoms with Gasteiger partial charge in [0.25, 0.3) is 5.91 Å². The molecule has 1 amide bonds. The number of amides is 1. The Kier molecular flexibility index (Phi) is 8.55. The molecule has 0 aliphatic carbocycles. The summed E-state index contributed by atoms with van der Waals surface area (Å²) in [5, 5.41) is 2.69. The van der Waals surface area contributed by atoms with Crippen molar-refractivity contribution in [3.63, 3.8) is 0 Å². The summed E-state index contributed by atoms with van der Waals surface area (Å²) in [6.07, 6.45) is 2.71. The van der Waals surface area contributed by atoms with Gasteiger partial charge < -0.3 is 15.4 Å². The summed E-state index contributed by atoms with van der Waals surface area (Å²) >= 11 is 3.11. The van der Waals surface area contributed by atoms with Crippen LogP contribution in [0.3, 0.4) is 0 Å². The van der Waals surface area contributed by atoms with Gasteiger partial charge in [-0.3, -0.25) is 4.79 Å². The molecule has 1 heterocycles. The van der Waals surface area contributed by atoms with E-state index in [4.69, 9.17) is 10.5 Å².